The largest absolute Gasteiger partial charge is 0.364 e. The molecule has 0 unspecified atom stereocenters. The van der Waals surface area contributed by atoms with Crippen molar-refractivity contribution in [3.05, 3.63) is 38.1 Å². The molecule has 3 rings (SSSR count). The van der Waals surface area contributed by atoms with Gasteiger partial charge < -0.3 is 11.1 Å². The molecule has 0 saturated carbocycles. The molecule has 0 radical (unpaired) electrons. The summed E-state index contributed by atoms with van der Waals surface area (Å²) in [5, 5.41) is 5.72. The molecule has 22 heavy (non-hydrogen) atoms. The Morgan fingerprint density at radius 2 is 2.23 bits per heavy atom. The molecular formula is C15H17ClN4S2. The Labute approximate surface area is 142 Å². The lowest BCUT2D eigenvalue weighted by atomic mass is 10.1. The highest BCUT2D eigenvalue weighted by molar-refractivity contribution is 7.19. The smallest absolute Gasteiger partial charge is 0.224 e. The average molecular weight is 353 g/mol. The highest BCUT2D eigenvalue weighted by atomic mass is 35.5. The van der Waals surface area contributed by atoms with Crippen molar-refractivity contribution in [3.8, 4) is 0 Å². The summed E-state index contributed by atoms with van der Waals surface area (Å²) in [5.74, 6) is 0.799. The van der Waals surface area contributed by atoms with Crippen molar-refractivity contribution < 1.29 is 0 Å². The quantitative estimate of drug-likeness (QED) is 0.675. The maximum absolute atomic E-state index is 6.09. The van der Waals surface area contributed by atoms with Gasteiger partial charge in [-0.1, -0.05) is 6.07 Å². The van der Waals surface area contributed by atoms with E-state index < -0.39 is 0 Å². The Hall–Kier alpha value is -1.21. The first-order valence-corrected chi connectivity index (χ1v) is 9.09. The molecule has 0 spiro atoms. The fourth-order valence-corrected chi connectivity index (χ4v) is 4.46. The van der Waals surface area contributed by atoms with Crippen LogP contribution in [0.5, 0.6) is 0 Å². The molecule has 0 amide bonds. The van der Waals surface area contributed by atoms with Crippen LogP contribution in [0.3, 0.4) is 0 Å². The number of thiophene rings is 2. The van der Waals surface area contributed by atoms with Crippen LogP contribution in [0.25, 0.3) is 10.2 Å². The summed E-state index contributed by atoms with van der Waals surface area (Å²) in [7, 11) is 0. The molecule has 1 atom stereocenters. The van der Waals surface area contributed by atoms with Crippen molar-refractivity contribution >= 4 is 50.3 Å². The van der Waals surface area contributed by atoms with Gasteiger partial charge in [-0.25, -0.2) is 4.98 Å². The van der Waals surface area contributed by atoms with Crippen LogP contribution in [-0.2, 0) is 13.0 Å². The van der Waals surface area contributed by atoms with E-state index in [-0.39, 0.29) is 11.3 Å². The van der Waals surface area contributed by atoms with Gasteiger partial charge in [0.25, 0.3) is 0 Å². The van der Waals surface area contributed by atoms with Crippen LogP contribution in [-0.4, -0.2) is 16.0 Å². The minimum Gasteiger partial charge on any atom is -0.364 e. The van der Waals surface area contributed by atoms with E-state index in [4.69, 9.17) is 17.3 Å². The molecule has 0 aliphatic heterocycles. The van der Waals surface area contributed by atoms with E-state index in [1.807, 2.05) is 13.0 Å². The van der Waals surface area contributed by atoms with Gasteiger partial charge in [0.15, 0.2) is 0 Å². The molecular weight excluding hydrogens is 336 g/mol. The van der Waals surface area contributed by atoms with E-state index in [9.17, 15) is 0 Å². The molecule has 0 fully saturated rings. The first kappa shape index (κ1) is 15.7. The normalized spacial score (nSPS) is 12.7. The van der Waals surface area contributed by atoms with Crippen molar-refractivity contribution in [1.82, 2.24) is 9.97 Å². The lowest BCUT2D eigenvalue weighted by Gasteiger charge is -2.05. The van der Waals surface area contributed by atoms with Gasteiger partial charge in [0.2, 0.25) is 5.28 Å². The van der Waals surface area contributed by atoms with Gasteiger partial charge in [-0.15, -0.1) is 22.7 Å². The summed E-state index contributed by atoms with van der Waals surface area (Å²) in [6.07, 6.45) is 0.842. The molecule has 7 heteroatoms. The fraction of sp³-hybridized carbons (Fsp3) is 0.333. The third-order valence-corrected chi connectivity index (χ3v) is 5.71. The van der Waals surface area contributed by atoms with Gasteiger partial charge in [-0.05, 0) is 48.9 Å². The van der Waals surface area contributed by atoms with Crippen LogP contribution in [0, 0.1) is 6.92 Å². The number of aromatic nitrogens is 2. The standard InChI is InChI=1S/C15H17ClN4S2/c1-8(17)6-11-9(2)12-13(22-11)14(20-15(16)19-12)18-7-10-4-3-5-21-10/h3-5,8H,6-7,17H2,1-2H3,(H,18,19,20)/t8-/m0/s1. The summed E-state index contributed by atoms with van der Waals surface area (Å²) in [5.41, 5.74) is 8.02. The van der Waals surface area contributed by atoms with Crippen molar-refractivity contribution in [3.63, 3.8) is 0 Å². The Morgan fingerprint density at radius 3 is 2.91 bits per heavy atom. The van der Waals surface area contributed by atoms with Crippen LogP contribution in [0.2, 0.25) is 5.28 Å². The third-order valence-electron chi connectivity index (χ3n) is 3.35. The minimum atomic E-state index is 0.123. The second-order valence-electron chi connectivity index (χ2n) is 5.28. The number of fused-ring (bicyclic) bond motifs is 1. The number of hydrogen-bond acceptors (Lipinski definition) is 6. The molecule has 3 aromatic rings. The molecule has 3 aromatic heterocycles. The molecule has 3 heterocycles. The fourth-order valence-electron chi connectivity index (χ4n) is 2.30. The second kappa shape index (κ2) is 6.50. The number of nitrogens with one attached hydrogen (secondary N) is 1. The van der Waals surface area contributed by atoms with Crippen molar-refractivity contribution in [1.29, 1.82) is 0 Å². The van der Waals surface area contributed by atoms with E-state index in [1.54, 1.807) is 22.7 Å². The lowest BCUT2D eigenvalue weighted by Crippen LogP contribution is -2.17. The number of rotatable bonds is 5. The average Bonchev–Trinajstić information content (AvgIpc) is 3.07. The van der Waals surface area contributed by atoms with Crippen LogP contribution < -0.4 is 11.1 Å². The Kier molecular flexibility index (Phi) is 4.63. The van der Waals surface area contributed by atoms with E-state index >= 15 is 0 Å². The SMILES string of the molecule is Cc1c(C[C@H](C)N)sc2c(NCc3cccs3)nc(Cl)nc12. The van der Waals surface area contributed by atoms with E-state index in [0.717, 1.165) is 34.6 Å². The zero-order valence-corrected chi connectivity index (χ0v) is 14.8. The van der Waals surface area contributed by atoms with Gasteiger partial charge in [-0.3, -0.25) is 0 Å². The van der Waals surface area contributed by atoms with E-state index in [2.05, 4.69) is 33.7 Å². The number of anilines is 1. The van der Waals surface area contributed by atoms with Crippen LogP contribution in [0.1, 0.15) is 22.2 Å². The molecule has 0 aliphatic rings. The molecule has 0 aromatic carbocycles. The molecule has 0 saturated heterocycles. The first-order valence-electron chi connectivity index (χ1n) is 7.02. The zero-order valence-electron chi connectivity index (χ0n) is 12.4. The number of nitrogens with two attached hydrogens (primary N) is 1. The maximum Gasteiger partial charge on any atom is 0.224 e. The number of aryl methyl sites for hydroxylation is 1. The predicted octanol–water partition coefficient (Wildman–Crippen LogP) is 4.22. The maximum atomic E-state index is 6.09. The third kappa shape index (κ3) is 3.25. The van der Waals surface area contributed by atoms with Crippen LogP contribution in [0.4, 0.5) is 5.82 Å². The number of nitrogens with zero attached hydrogens (tertiary/aromatic N) is 2. The van der Waals surface area contributed by atoms with Crippen molar-refractivity contribution in [2.45, 2.75) is 32.9 Å². The Bertz CT molecular complexity index is 781. The van der Waals surface area contributed by atoms with Gasteiger partial charge in [0.05, 0.1) is 16.8 Å². The first-order chi connectivity index (χ1) is 10.5. The number of halogens is 1. The molecule has 3 N–H and O–H groups in total. The predicted molar refractivity (Wildman–Crippen MR) is 96.2 cm³/mol. The minimum absolute atomic E-state index is 0.123. The van der Waals surface area contributed by atoms with Gasteiger partial charge in [-0.2, -0.15) is 4.98 Å². The van der Waals surface area contributed by atoms with Gasteiger partial charge in [0.1, 0.15) is 5.82 Å². The second-order valence-corrected chi connectivity index (χ2v) is 7.76. The molecule has 0 aliphatic carbocycles. The van der Waals surface area contributed by atoms with Gasteiger partial charge >= 0.3 is 0 Å². The summed E-state index contributed by atoms with van der Waals surface area (Å²) < 4.78 is 1.05. The van der Waals surface area contributed by atoms with Crippen molar-refractivity contribution in [2.24, 2.45) is 5.73 Å². The number of hydrogen-bond donors (Lipinski definition) is 2. The monoisotopic (exact) mass is 352 g/mol. The van der Waals surface area contributed by atoms with E-state index in [1.165, 1.54) is 9.75 Å². The molecule has 0 bridgehead atoms. The van der Waals surface area contributed by atoms with Gasteiger partial charge in [0, 0.05) is 15.8 Å². The van der Waals surface area contributed by atoms with Crippen molar-refractivity contribution in [2.75, 3.05) is 5.32 Å². The Balaban J connectivity index is 1.98. The summed E-state index contributed by atoms with van der Waals surface area (Å²) in [6, 6.07) is 4.26. The lowest BCUT2D eigenvalue weighted by molar-refractivity contribution is 0.744. The zero-order chi connectivity index (χ0) is 15.7. The summed E-state index contributed by atoms with van der Waals surface area (Å²) >= 11 is 9.51. The van der Waals surface area contributed by atoms with E-state index in [0.29, 0.717) is 0 Å². The topological polar surface area (TPSA) is 63.8 Å². The summed E-state index contributed by atoms with van der Waals surface area (Å²) in [6.45, 7) is 4.82. The highest BCUT2D eigenvalue weighted by Crippen LogP contribution is 2.35. The van der Waals surface area contributed by atoms with Crippen LogP contribution in [0.15, 0.2) is 17.5 Å². The highest BCUT2D eigenvalue weighted by Gasteiger charge is 2.16. The van der Waals surface area contributed by atoms with Crippen LogP contribution >= 0.6 is 34.3 Å². The summed E-state index contributed by atoms with van der Waals surface area (Å²) in [4.78, 5) is 11.3. The molecule has 4 nitrogen and oxygen atoms in total. The molecule has 116 valence electrons. The Morgan fingerprint density at radius 1 is 1.41 bits per heavy atom.